The monoisotopic (exact) mass is 587 g/mol. The predicted octanol–water partition coefficient (Wildman–Crippen LogP) is 5.52. The van der Waals surface area contributed by atoms with Gasteiger partial charge in [0.25, 0.3) is 11.8 Å². The molecule has 2 aliphatic rings. The molecular formula is C27H18ClF4N5O2S. The zero-order chi connectivity index (χ0) is 29.0. The van der Waals surface area contributed by atoms with Gasteiger partial charge < -0.3 is 10.6 Å². The van der Waals surface area contributed by atoms with Gasteiger partial charge in [-0.1, -0.05) is 29.8 Å². The van der Waals surface area contributed by atoms with Crippen molar-refractivity contribution in [3.05, 3.63) is 87.4 Å². The number of rotatable bonds is 5. The summed E-state index contributed by atoms with van der Waals surface area (Å²) < 4.78 is 56.9. The number of nitriles is 1. The number of anilines is 2. The van der Waals surface area contributed by atoms with Crippen LogP contribution in [0.25, 0.3) is 0 Å². The maximum Gasteiger partial charge on any atom is 0.419 e. The molecule has 1 aliphatic carbocycles. The molecule has 5 rings (SSSR count). The number of primary amides is 1. The van der Waals surface area contributed by atoms with Crippen LogP contribution in [-0.2, 0) is 17.4 Å². The molecule has 0 unspecified atom stereocenters. The fourth-order valence-corrected chi connectivity index (χ4v) is 5.74. The number of benzene rings is 2. The Kier molecular flexibility index (Phi) is 6.76. The number of carbonyl (C=O) groups is 2. The lowest BCUT2D eigenvalue weighted by molar-refractivity contribution is -0.138. The largest absolute Gasteiger partial charge is 0.419 e. The molecule has 3 aromatic rings. The second-order valence-corrected chi connectivity index (χ2v) is 10.2. The molecule has 40 heavy (non-hydrogen) atoms. The van der Waals surface area contributed by atoms with E-state index in [2.05, 4.69) is 4.98 Å². The van der Waals surface area contributed by atoms with Gasteiger partial charge in [0.05, 0.1) is 28.7 Å². The predicted molar refractivity (Wildman–Crippen MR) is 142 cm³/mol. The summed E-state index contributed by atoms with van der Waals surface area (Å²) in [5, 5.41) is 9.25. The van der Waals surface area contributed by atoms with Gasteiger partial charge in [-0.05, 0) is 61.3 Å². The first-order valence-electron chi connectivity index (χ1n) is 11.9. The number of carbonyl (C=O) groups excluding carboxylic acids is 2. The van der Waals surface area contributed by atoms with E-state index < -0.39 is 40.6 Å². The summed E-state index contributed by atoms with van der Waals surface area (Å²) in [6.45, 7) is 0. The van der Waals surface area contributed by atoms with Gasteiger partial charge in [-0.15, -0.1) is 0 Å². The highest BCUT2D eigenvalue weighted by Gasteiger charge is 2.60. The molecule has 0 radical (unpaired) electrons. The van der Waals surface area contributed by atoms with Gasteiger partial charge in [-0.2, -0.15) is 18.4 Å². The number of aromatic nitrogens is 1. The Bertz CT molecular complexity index is 1630. The maximum atomic E-state index is 15.9. The van der Waals surface area contributed by atoms with Crippen LogP contribution in [0, 0.1) is 17.1 Å². The van der Waals surface area contributed by atoms with Gasteiger partial charge in [0.15, 0.2) is 10.8 Å². The zero-order valence-electron chi connectivity index (χ0n) is 20.4. The quantitative estimate of drug-likeness (QED) is 0.312. The summed E-state index contributed by atoms with van der Waals surface area (Å²) in [4.78, 5) is 31.8. The van der Waals surface area contributed by atoms with Gasteiger partial charge in [0.1, 0.15) is 17.4 Å². The van der Waals surface area contributed by atoms with E-state index in [-0.39, 0.29) is 34.0 Å². The van der Waals surface area contributed by atoms with Gasteiger partial charge in [0.2, 0.25) is 0 Å². The molecule has 2 heterocycles. The van der Waals surface area contributed by atoms with Crippen molar-refractivity contribution in [3.63, 3.8) is 0 Å². The Morgan fingerprint density at radius 3 is 2.50 bits per heavy atom. The van der Waals surface area contributed by atoms with E-state index >= 15 is 4.39 Å². The van der Waals surface area contributed by atoms with Crippen molar-refractivity contribution in [1.29, 1.82) is 5.26 Å². The summed E-state index contributed by atoms with van der Waals surface area (Å²) in [5.41, 5.74) is 1.93. The number of hydrogen-bond acceptors (Lipinski definition) is 5. The average Bonchev–Trinajstić information content (AvgIpc) is 3.11. The Hall–Kier alpha value is -4.08. The highest BCUT2D eigenvalue weighted by molar-refractivity contribution is 7.81. The minimum Gasteiger partial charge on any atom is -0.366 e. The van der Waals surface area contributed by atoms with Crippen LogP contribution in [0.2, 0.25) is 5.02 Å². The molecule has 1 saturated heterocycles. The minimum absolute atomic E-state index is 0.0124. The van der Waals surface area contributed by atoms with Crippen molar-refractivity contribution in [2.45, 2.75) is 37.4 Å². The first-order chi connectivity index (χ1) is 18.9. The molecule has 2 amide bonds. The maximum absolute atomic E-state index is 15.9. The molecule has 204 valence electrons. The first kappa shape index (κ1) is 27.5. The molecule has 1 aromatic heterocycles. The lowest BCUT2D eigenvalue weighted by atomic mass is 9.75. The molecule has 1 saturated carbocycles. The number of amides is 2. The van der Waals surface area contributed by atoms with E-state index in [0.29, 0.717) is 35.9 Å². The van der Waals surface area contributed by atoms with Gasteiger partial charge in [-0.3, -0.25) is 14.5 Å². The third kappa shape index (κ3) is 4.26. The molecule has 7 nitrogen and oxygen atoms in total. The SMILES string of the molecule is N#Cc1ncc(N2C(=O)C3(CCC3)N(c3ccc(C(N)=O)c(F)c3Cc3ccccc3Cl)C2=S)cc1C(F)(F)F. The number of halogens is 5. The van der Waals surface area contributed by atoms with Crippen molar-refractivity contribution in [1.82, 2.24) is 4.98 Å². The van der Waals surface area contributed by atoms with E-state index in [0.717, 1.165) is 11.1 Å². The number of alkyl halides is 3. The molecule has 13 heteroatoms. The molecule has 1 aliphatic heterocycles. The van der Waals surface area contributed by atoms with E-state index in [4.69, 9.17) is 34.8 Å². The summed E-state index contributed by atoms with van der Waals surface area (Å²) in [5.74, 6) is -2.54. The average molecular weight is 588 g/mol. The van der Waals surface area contributed by atoms with Crippen LogP contribution in [-0.4, -0.2) is 27.4 Å². The number of nitrogens with two attached hydrogens (primary N) is 1. The second-order valence-electron chi connectivity index (χ2n) is 9.40. The first-order valence-corrected chi connectivity index (χ1v) is 12.7. The van der Waals surface area contributed by atoms with Crippen molar-refractivity contribution >= 4 is 52.1 Å². The third-order valence-electron chi connectivity index (χ3n) is 7.19. The van der Waals surface area contributed by atoms with Crippen LogP contribution in [0.5, 0.6) is 0 Å². The van der Waals surface area contributed by atoms with E-state index in [9.17, 15) is 22.8 Å². The number of pyridine rings is 1. The molecule has 0 bridgehead atoms. The molecule has 0 atom stereocenters. The fourth-order valence-electron chi connectivity index (χ4n) is 5.08. The van der Waals surface area contributed by atoms with Crippen LogP contribution in [0.1, 0.15) is 52.0 Å². The van der Waals surface area contributed by atoms with Crippen molar-refractivity contribution < 1.29 is 27.2 Å². The van der Waals surface area contributed by atoms with Crippen LogP contribution in [0.4, 0.5) is 28.9 Å². The van der Waals surface area contributed by atoms with E-state index in [1.165, 1.54) is 23.1 Å². The van der Waals surface area contributed by atoms with Crippen LogP contribution in [0.3, 0.4) is 0 Å². The Labute approximate surface area is 235 Å². The zero-order valence-corrected chi connectivity index (χ0v) is 22.0. The van der Waals surface area contributed by atoms with Gasteiger partial charge >= 0.3 is 6.18 Å². The summed E-state index contributed by atoms with van der Waals surface area (Å²) in [6, 6.07) is 11.3. The highest BCUT2D eigenvalue weighted by atomic mass is 35.5. The van der Waals surface area contributed by atoms with Gasteiger partial charge in [-0.25, -0.2) is 9.37 Å². The Morgan fingerprint density at radius 2 is 1.93 bits per heavy atom. The van der Waals surface area contributed by atoms with E-state index in [1.54, 1.807) is 24.3 Å². The van der Waals surface area contributed by atoms with E-state index in [1.807, 2.05) is 0 Å². The molecule has 1 spiro atoms. The molecule has 2 aromatic carbocycles. The highest BCUT2D eigenvalue weighted by Crippen LogP contribution is 2.49. The van der Waals surface area contributed by atoms with Gasteiger partial charge in [0, 0.05) is 17.0 Å². The third-order valence-corrected chi connectivity index (χ3v) is 7.92. The summed E-state index contributed by atoms with van der Waals surface area (Å²) in [7, 11) is 0. The summed E-state index contributed by atoms with van der Waals surface area (Å²) in [6.07, 6.45) is -2.84. The topological polar surface area (TPSA) is 103 Å². The second kappa shape index (κ2) is 9.83. The minimum atomic E-state index is -4.91. The Balaban J connectivity index is 1.68. The molecular weight excluding hydrogens is 570 g/mol. The van der Waals surface area contributed by atoms with Crippen LogP contribution >= 0.6 is 23.8 Å². The molecule has 2 N–H and O–H groups in total. The Morgan fingerprint density at radius 1 is 1.23 bits per heavy atom. The van der Waals surface area contributed by atoms with Crippen LogP contribution < -0.4 is 15.5 Å². The van der Waals surface area contributed by atoms with Crippen LogP contribution in [0.15, 0.2) is 48.7 Å². The standard InChI is InChI=1S/C27H18ClF4N5O2S/c28-19-5-2-1-4-14(19)10-17-21(7-6-16(22(17)29)23(34)38)37-25(40)36(24(39)26(37)8-3-9-26)15-11-18(27(30,31)32)20(12-33)35-13-15/h1-2,4-7,11,13H,3,8-10H2,(H2,34,38). The molecule has 2 fully saturated rings. The van der Waals surface area contributed by atoms with Crippen molar-refractivity contribution in [2.24, 2.45) is 5.73 Å². The number of nitrogens with zero attached hydrogens (tertiary/aromatic N) is 4. The smallest absolute Gasteiger partial charge is 0.366 e. The van der Waals surface area contributed by atoms with Crippen molar-refractivity contribution in [3.8, 4) is 6.07 Å². The summed E-state index contributed by atoms with van der Waals surface area (Å²) >= 11 is 12.0. The normalized spacial score (nSPS) is 16.3. The fraction of sp³-hybridized carbons (Fsp3) is 0.222. The lowest BCUT2D eigenvalue weighted by Gasteiger charge is -2.43. The number of thiocarbonyl (C=S) groups is 1. The van der Waals surface area contributed by atoms with Crippen molar-refractivity contribution in [2.75, 3.05) is 9.80 Å². The lowest BCUT2D eigenvalue weighted by Crippen LogP contribution is -2.55. The number of hydrogen-bond donors (Lipinski definition) is 1.